The SMILES string of the molecule is c1ccc(-c2cc(-c3ccccc3)nc(-c3cccc(-n4c5ccccc5c5cc6c7ccc8c9ccccc9oc8c7n(-c7ccccc7)c6cc54)c3)n2)cc1. The van der Waals surface area contributed by atoms with E-state index in [9.17, 15) is 0 Å². The molecule has 0 N–H and O–H groups in total. The van der Waals surface area contributed by atoms with Crippen molar-refractivity contribution in [2.75, 3.05) is 0 Å². The second-order valence-electron chi connectivity index (χ2n) is 14.6. The number of fused-ring (bicyclic) bond motifs is 10. The van der Waals surface area contributed by atoms with Gasteiger partial charge in [0.05, 0.1) is 33.5 Å². The van der Waals surface area contributed by atoms with Crippen molar-refractivity contribution < 1.29 is 4.42 Å². The predicted molar refractivity (Wildman–Crippen MR) is 234 cm³/mol. The second kappa shape index (κ2) is 12.4. The summed E-state index contributed by atoms with van der Waals surface area (Å²) in [7, 11) is 0. The minimum atomic E-state index is 0.680. The van der Waals surface area contributed by atoms with E-state index in [0.29, 0.717) is 5.82 Å². The van der Waals surface area contributed by atoms with Crippen LogP contribution in [0.25, 0.3) is 111 Å². The van der Waals surface area contributed by atoms with Gasteiger partial charge in [-0.1, -0.05) is 133 Å². The monoisotopic (exact) mass is 728 g/mol. The zero-order valence-corrected chi connectivity index (χ0v) is 30.7. The number of hydrogen-bond donors (Lipinski definition) is 0. The first-order chi connectivity index (χ1) is 28.3. The number of benzene rings is 8. The summed E-state index contributed by atoms with van der Waals surface area (Å²) in [4.78, 5) is 10.3. The molecule has 0 amide bonds. The highest BCUT2D eigenvalue weighted by atomic mass is 16.3. The van der Waals surface area contributed by atoms with Crippen molar-refractivity contribution in [2.45, 2.75) is 0 Å². The molecule has 4 heterocycles. The van der Waals surface area contributed by atoms with Gasteiger partial charge < -0.3 is 13.6 Å². The van der Waals surface area contributed by atoms with E-state index >= 15 is 0 Å². The van der Waals surface area contributed by atoms with Gasteiger partial charge in [0, 0.05) is 60.4 Å². The standard InChI is InChI=1S/C52H32N4O/c1-4-15-33(16-5-1)44-31-45(34-17-6-2-7-18-34)54-52(53-44)35-19-14-22-37(29-35)55-46-25-12-10-23-38(46)42-30-43-40-27-28-41-39-24-11-13-26-49(39)57-51(41)50(40)56(48(43)32-47(42)55)36-20-8-3-9-21-36/h1-32H. The van der Waals surface area contributed by atoms with Crippen LogP contribution in [0.2, 0.25) is 0 Å². The molecule has 12 aromatic rings. The highest BCUT2D eigenvalue weighted by Crippen LogP contribution is 2.43. The summed E-state index contributed by atoms with van der Waals surface area (Å²) >= 11 is 0. The van der Waals surface area contributed by atoms with Gasteiger partial charge in [-0.05, 0) is 60.7 Å². The molecular formula is C52H32N4O. The zero-order chi connectivity index (χ0) is 37.5. The third kappa shape index (κ3) is 4.89. The van der Waals surface area contributed by atoms with E-state index in [1.165, 1.54) is 16.2 Å². The molecule has 0 bridgehead atoms. The van der Waals surface area contributed by atoms with Crippen molar-refractivity contribution in [3.8, 4) is 45.3 Å². The normalized spacial score (nSPS) is 11.9. The van der Waals surface area contributed by atoms with Crippen LogP contribution in [0.15, 0.2) is 199 Å². The van der Waals surface area contributed by atoms with Gasteiger partial charge in [0.1, 0.15) is 5.58 Å². The molecule has 0 aliphatic rings. The van der Waals surface area contributed by atoms with Crippen LogP contribution in [0.5, 0.6) is 0 Å². The fraction of sp³-hybridized carbons (Fsp3) is 0. The summed E-state index contributed by atoms with van der Waals surface area (Å²) in [6.45, 7) is 0. The fourth-order valence-electron chi connectivity index (χ4n) is 8.74. The Bertz CT molecular complexity index is 3450. The summed E-state index contributed by atoms with van der Waals surface area (Å²) in [5, 5.41) is 6.96. The highest BCUT2D eigenvalue weighted by molar-refractivity contribution is 6.24. The zero-order valence-electron chi connectivity index (χ0n) is 30.7. The van der Waals surface area contributed by atoms with Crippen LogP contribution in [0.3, 0.4) is 0 Å². The third-order valence-corrected chi connectivity index (χ3v) is 11.3. The topological polar surface area (TPSA) is 48.8 Å². The number of hydrogen-bond acceptors (Lipinski definition) is 3. The maximum Gasteiger partial charge on any atom is 0.160 e. The average Bonchev–Trinajstić information content (AvgIpc) is 3.94. The lowest BCUT2D eigenvalue weighted by Gasteiger charge is -2.12. The van der Waals surface area contributed by atoms with E-state index in [0.717, 1.165) is 88.8 Å². The van der Waals surface area contributed by atoms with Gasteiger partial charge in [-0.25, -0.2) is 9.97 Å². The Balaban J connectivity index is 1.13. The molecule has 0 saturated heterocycles. The lowest BCUT2D eigenvalue weighted by molar-refractivity contribution is 0.671. The van der Waals surface area contributed by atoms with E-state index in [4.69, 9.17) is 14.4 Å². The van der Waals surface area contributed by atoms with Crippen LogP contribution in [0.4, 0.5) is 0 Å². The van der Waals surface area contributed by atoms with Crippen molar-refractivity contribution in [1.29, 1.82) is 0 Å². The molecule has 4 aromatic heterocycles. The molecule has 0 aliphatic heterocycles. The summed E-state index contributed by atoms with van der Waals surface area (Å²) in [5.41, 5.74) is 13.2. The third-order valence-electron chi connectivity index (χ3n) is 11.3. The van der Waals surface area contributed by atoms with Crippen molar-refractivity contribution in [2.24, 2.45) is 0 Å². The Morgan fingerprint density at radius 2 is 0.930 bits per heavy atom. The number of nitrogens with zero attached hydrogens (tertiary/aromatic N) is 4. The lowest BCUT2D eigenvalue weighted by atomic mass is 10.1. The molecule has 0 fully saturated rings. The summed E-state index contributed by atoms with van der Waals surface area (Å²) in [6, 6.07) is 68.3. The van der Waals surface area contributed by atoms with Crippen LogP contribution in [-0.2, 0) is 0 Å². The quantitative estimate of drug-likeness (QED) is 0.177. The second-order valence-corrected chi connectivity index (χ2v) is 14.6. The summed E-state index contributed by atoms with van der Waals surface area (Å²) in [6.07, 6.45) is 0. The smallest absolute Gasteiger partial charge is 0.160 e. The molecule has 0 aliphatic carbocycles. The van der Waals surface area contributed by atoms with Gasteiger partial charge in [0.15, 0.2) is 11.4 Å². The lowest BCUT2D eigenvalue weighted by Crippen LogP contribution is -1.98. The molecule has 8 aromatic carbocycles. The van der Waals surface area contributed by atoms with Gasteiger partial charge in [-0.2, -0.15) is 0 Å². The summed E-state index contributed by atoms with van der Waals surface area (Å²) < 4.78 is 11.5. The highest BCUT2D eigenvalue weighted by Gasteiger charge is 2.22. The Hall–Kier alpha value is -7.76. The molecule has 0 saturated carbocycles. The van der Waals surface area contributed by atoms with Crippen molar-refractivity contribution >= 4 is 65.6 Å². The Labute approximate surface area is 327 Å². The minimum absolute atomic E-state index is 0.680. The minimum Gasteiger partial charge on any atom is -0.454 e. The maximum absolute atomic E-state index is 6.69. The van der Waals surface area contributed by atoms with E-state index in [-0.39, 0.29) is 0 Å². The van der Waals surface area contributed by atoms with Crippen LogP contribution in [0.1, 0.15) is 0 Å². The Morgan fingerprint density at radius 1 is 0.351 bits per heavy atom. The molecule has 266 valence electrons. The average molecular weight is 729 g/mol. The van der Waals surface area contributed by atoms with Gasteiger partial charge in [0.2, 0.25) is 0 Å². The van der Waals surface area contributed by atoms with Crippen molar-refractivity contribution in [3.63, 3.8) is 0 Å². The first kappa shape index (κ1) is 31.6. The molecule has 12 rings (SSSR count). The van der Waals surface area contributed by atoms with Gasteiger partial charge >= 0.3 is 0 Å². The summed E-state index contributed by atoms with van der Waals surface area (Å²) in [5.74, 6) is 0.680. The van der Waals surface area contributed by atoms with Crippen LogP contribution in [-0.4, -0.2) is 19.1 Å². The maximum atomic E-state index is 6.69. The van der Waals surface area contributed by atoms with E-state index in [1.807, 2.05) is 18.2 Å². The molecule has 5 nitrogen and oxygen atoms in total. The molecule has 0 atom stereocenters. The molecule has 0 unspecified atom stereocenters. The van der Waals surface area contributed by atoms with Crippen LogP contribution < -0.4 is 0 Å². The molecular weight excluding hydrogens is 697 g/mol. The number of furan rings is 1. The van der Waals surface area contributed by atoms with E-state index in [1.54, 1.807) is 0 Å². The number of rotatable bonds is 5. The Morgan fingerprint density at radius 3 is 1.68 bits per heavy atom. The molecule has 0 spiro atoms. The van der Waals surface area contributed by atoms with Gasteiger partial charge in [-0.15, -0.1) is 0 Å². The number of aromatic nitrogens is 4. The predicted octanol–water partition coefficient (Wildman–Crippen LogP) is 13.6. The van der Waals surface area contributed by atoms with Gasteiger partial charge in [0.25, 0.3) is 0 Å². The van der Waals surface area contributed by atoms with E-state index < -0.39 is 0 Å². The van der Waals surface area contributed by atoms with Crippen LogP contribution in [0, 0.1) is 0 Å². The van der Waals surface area contributed by atoms with Crippen LogP contribution >= 0.6 is 0 Å². The van der Waals surface area contributed by atoms with Gasteiger partial charge in [-0.3, -0.25) is 0 Å². The van der Waals surface area contributed by atoms with E-state index in [2.05, 4.69) is 185 Å². The largest absolute Gasteiger partial charge is 0.454 e. The molecule has 5 heteroatoms. The first-order valence-electron chi connectivity index (χ1n) is 19.2. The molecule has 0 radical (unpaired) electrons. The van der Waals surface area contributed by atoms with Crippen molar-refractivity contribution in [1.82, 2.24) is 19.1 Å². The Kier molecular flexibility index (Phi) is 6.86. The fourth-order valence-corrected chi connectivity index (χ4v) is 8.74. The van der Waals surface area contributed by atoms with Crippen molar-refractivity contribution in [3.05, 3.63) is 194 Å². The number of para-hydroxylation sites is 3. The molecule has 57 heavy (non-hydrogen) atoms. The first-order valence-corrected chi connectivity index (χ1v) is 19.2.